The number of hydrazine groups is 1. The van der Waals surface area contributed by atoms with E-state index < -0.39 is 12.0 Å². The van der Waals surface area contributed by atoms with Crippen molar-refractivity contribution in [3.63, 3.8) is 0 Å². The van der Waals surface area contributed by atoms with Crippen LogP contribution in [0.3, 0.4) is 0 Å². The van der Waals surface area contributed by atoms with Crippen LogP contribution in [0.4, 0.5) is 0 Å². The molecule has 0 amide bonds. The van der Waals surface area contributed by atoms with Crippen molar-refractivity contribution in [3.8, 4) is 0 Å². The maximum Gasteiger partial charge on any atom is 0.322 e. The minimum atomic E-state index is -0.898. The lowest BCUT2D eigenvalue weighted by atomic mass is 10.0. The third-order valence-electron chi connectivity index (χ3n) is 3.14. The average molecular weight is 247 g/mol. The first-order chi connectivity index (χ1) is 8.63. The van der Waals surface area contributed by atoms with E-state index in [1.165, 1.54) is 5.01 Å². The van der Waals surface area contributed by atoms with Gasteiger partial charge in [0.1, 0.15) is 6.04 Å². The largest absolute Gasteiger partial charge is 0.480 e. The number of benzene rings is 1. The molecule has 96 valence electrons. The Morgan fingerprint density at radius 2 is 2.22 bits per heavy atom. The van der Waals surface area contributed by atoms with Crippen molar-refractivity contribution in [1.29, 1.82) is 0 Å². The van der Waals surface area contributed by atoms with E-state index in [1.54, 1.807) is 0 Å². The van der Waals surface area contributed by atoms with Gasteiger partial charge in [-0.3, -0.25) is 10.6 Å². The Labute approximate surface area is 105 Å². The van der Waals surface area contributed by atoms with Gasteiger partial charge in [0.25, 0.3) is 0 Å². The van der Waals surface area contributed by atoms with Crippen molar-refractivity contribution in [1.82, 2.24) is 9.99 Å². The van der Waals surface area contributed by atoms with Crippen LogP contribution in [0.5, 0.6) is 0 Å². The van der Waals surface area contributed by atoms with Gasteiger partial charge >= 0.3 is 5.97 Å². The molecule has 0 aliphatic carbocycles. The molecule has 0 spiro atoms. The first-order valence-corrected chi connectivity index (χ1v) is 5.92. The Bertz CT molecular complexity index is 550. The third kappa shape index (κ3) is 2.37. The van der Waals surface area contributed by atoms with E-state index in [2.05, 4.69) is 4.98 Å². The number of likely N-dealkylation sites (N-methyl/N-ethyl adjacent to an activating group) is 1. The summed E-state index contributed by atoms with van der Waals surface area (Å²) < 4.78 is 0. The smallest absolute Gasteiger partial charge is 0.322 e. The zero-order valence-corrected chi connectivity index (χ0v) is 10.3. The fourth-order valence-corrected chi connectivity index (χ4v) is 2.08. The molecule has 1 heterocycles. The highest BCUT2D eigenvalue weighted by Crippen LogP contribution is 2.20. The molecule has 0 radical (unpaired) electrons. The number of fused-ring (bicyclic) bond motifs is 1. The monoisotopic (exact) mass is 247 g/mol. The molecule has 4 N–H and O–H groups in total. The Balaban J connectivity index is 2.29. The maximum atomic E-state index is 11.2. The van der Waals surface area contributed by atoms with Gasteiger partial charge in [0.15, 0.2) is 0 Å². The average Bonchev–Trinajstić information content (AvgIpc) is 2.78. The zero-order valence-electron chi connectivity index (χ0n) is 10.3. The van der Waals surface area contributed by atoms with Crippen LogP contribution in [0, 0.1) is 0 Å². The molecular formula is C13H17N3O2. The normalized spacial score (nSPS) is 13.1. The number of nitrogens with zero attached hydrogens (tertiary/aromatic N) is 1. The second-order valence-corrected chi connectivity index (χ2v) is 4.25. The van der Waals surface area contributed by atoms with Gasteiger partial charge in [-0.15, -0.1) is 0 Å². The molecule has 0 aliphatic heterocycles. The summed E-state index contributed by atoms with van der Waals surface area (Å²) in [5.41, 5.74) is 1.98. The van der Waals surface area contributed by atoms with E-state index in [9.17, 15) is 9.90 Å². The van der Waals surface area contributed by atoms with Crippen molar-refractivity contribution in [2.75, 3.05) is 6.54 Å². The van der Waals surface area contributed by atoms with Crippen LogP contribution in [-0.2, 0) is 11.2 Å². The predicted octanol–water partition coefficient (Wildman–Crippen LogP) is 1.36. The summed E-state index contributed by atoms with van der Waals surface area (Å²) in [6.07, 6.45) is 2.24. The van der Waals surface area contributed by atoms with Crippen LogP contribution in [0.2, 0.25) is 0 Å². The quantitative estimate of drug-likeness (QED) is 0.550. The van der Waals surface area contributed by atoms with E-state index in [0.717, 1.165) is 16.5 Å². The Hall–Kier alpha value is -1.85. The standard InChI is InChI=1S/C13H17N3O2/c1-2-16(14)12(13(17)18)7-9-8-15-11-6-4-3-5-10(9)11/h3-6,8,12,15H,2,7,14H2,1H3,(H,17,18). The number of para-hydroxylation sites is 1. The van der Waals surface area contributed by atoms with Crippen molar-refractivity contribution in [2.45, 2.75) is 19.4 Å². The molecular weight excluding hydrogens is 230 g/mol. The number of rotatable bonds is 5. The molecule has 5 nitrogen and oxygen atoms in total. The molecule has 0 bridgehead atoms. The number of aromatic nitrogens is 1. The molecule has 1 unspecified atom stereocenters. The van der Waals surface area contributed by atoms with Crippen LogP contribution >= 0.6 is 0 Å². The number of aliphatic carboxylic acids is 1. The van der Waals surface area contributed by atoms with Gasteiger partial charge < -0.3 is 10.1 Å². The highest BCUT2D eigenvalue weighted by Gasteiger charge is 2.23. The van der Waals surface area contributed by atoms with Gasteiger partial charge in [-0.1, -0.05) is 25.1 Å². The number of H-pyrrole nitrogens is 1. The second kappa shape index (κ2) is 5.20. The summed E-state index contributed by atoms with van der Waals surface area (Å²) in [6.45, 7) is 2.34. The first-order valence-electron chi connectivity index (χ1n) is 5.92. The SMILES string of the molecule is CCN(N)C(Cc1c[nH]c2ccccc12)C(=O)O. The van der Waals surface area contributed by atoms with E-state index in [4.69, 9.17) is 5.84 Å². The number of nitrogens with one attached hydrogen (secondary N) is 1. The van der Waals surface area contributed by atoms with Gasteiger partial charge in [-0.2, -0.15) is 0 Å². The van der Waals surface area contributed by atoms with Gasteiger partial charge in [-0.05, 0) is 11.6 Å². The van der Waals surface area contributed by atoms with Crippen LogP contribution in [0.25, 0.3) is 10.9 Å². The Kier molecular flexibility index (Phi) is 3.64. The van der Waals surface area contributed by atoms with Crippen LogP contribution in [0.1, 0.15) is 12.5 Å². The lowest BCUT2D eigenvalue weighted by molar-refractivity contribution is -0.143. The van der Waals surface area contributed by atoms with Gasteiger partial charge in [0, 0.05) is 30.1 Å². The molecule has 18 heavy (non-hydrogen) atoms. The van der Waals surface area contributed by atoms with Gasteiger partial charge in [0.05, 0.1) is 0 Å². The molecule has 1 aromatic carbocycles. The highest BCUT2D eigenvalue weighted by molar-refractivity contribution is 5.84. The summed E-state index contributed by atoms with van der Waals surface area (Å²) in [7, 11) is 0. The van der Waals surface area contributed by atoms with E-state index in [1.807, 2.05) is 37.4 Å². The number of aromatic amines is 1. The number of carboxylic acids is 1. The first kappa shape index (κ1) is 12.6. The maximum absolute atomic E-state index is 11.2. The molecule has 5 heteroatoms. The lowest BCUT2D eigenvalue weighted by Gasteiger charge is -2.22. The number of hydrogen-bond acceptors (Lipinski definition) is 3. The predicted molar refractivity (Wildman–Crippen MR) is 70.0 cm³/mol. The van der Waals surface area contributed by atoms with Crippen LogP contribution in [-0.4, -0.2) is 33.7 Å². The molecule has 1 aromatic heterocycles. The minimum Gasteiger partial charge on any atom is -0.480 e. The van der Waals surface area contributed by atoms with Crippen molar-refractivity contribution < 1.29 is 9.90 Å². The van der Waals surface area contributed by atoms with Crippen molar-refractivity contribution in [2.24, 2.45) is 5.84 Å². The topological polar surface area (TPSA) is 82.3 Å². The van der Waals surface area contributed by atoms with E-state index >= 15 is 0 Å². The second-order valence-electron chi connectivity index (χ2n) is 4.25. The molecule has 0 saturated carbocycles. The Morgan fingerprint density at radius 3 is 2.89 bits per heavy atom. The molecule has 1 atom stereocenters. The molecule has 0 saturated heterocycles. The molecule has 0 aliphatic rings. The molecule has 2 aromatic rings. The van der Waals surface area contributed by atoms with Crippen LogP contribution in [0.15, 0.2) is 30.5 Å². The van der Waals surface area contributed by atoms with Crippen molar-refractivity contribution in [3.05, 3.63) is 36.0 Å². The summed E-state index contributed by atoms with van der Waals surface area (Å²) in [4.78, 5) is 14.4. The molecule has 0 fully saturated rings. The summed E-state index contributed by atoms with van der Waals surface area (Å²) in [6, 6.07) is 7.13. The van der Waals surface area contributed by atoms with Gasteiger partial charge in [-0.25, -0.2) is 5.01 Å². The van der Waals surface area contributed by atoms with Crippen LogP contribution < -0.4 is 5.84 Å². The molecule has 2 rings (SSSR count). The number of carbonyl (C=O) groups is 1. The summed E-state index contributed by atoms with van der Waals surface area (Å²) >= 11 is 0. The van der Waals surface area contributed by atoms with Gasteiger partial charge in [0.2, 0.25) is 0 Å². The zero-order chi connectivity index (χ0) is 13.1. The Morgan fingerprint density at radius 1 is 1.50 bits per heavy atom. The number of hydrogen-bond donors (Lipinski definition) is 3. The number of nitrogens with two attached hydrogens (primary N) is 1. The highest BCUT2D eigenvalue weighted by atomic mass is 16.4. The fourth-order valence-electron chi connectivity index (χ4n) is 2.08. The lowest BCUT2D eigenvalue weighted by Crippen LogP contribution is -2.47. The minimum absolute atomic E-state index is 0.393. The summed E-state index contributed by atoms with van der Waals surface area (Å²) in [5, 5.41) is 11.6. The fraction of sp³-hybridized carbons (Fsp3) is 0.308. The van der Waals surface area contributed by atoms with E-state index in [-0.39, 0.29) is 0 Å². The third-order valence-corrected chi connectivity index (χ3v) is 3.14. The number of carboxylic acid groups (broad SMARTS) is 1. The van der Waals surface area contributed by atoms with E-state index in [0.29, 0.717) is 13.0 Å². The van der Waals surface area contributed by atoms with Crippen molar-refractivity contribution >= 4 is 16.9 Å². The summed E-state index contributed by atoms with van der Waals surface area (Å²) in [5.74, 6) is 4.82.